The summed E-state index contributed by atoms with van der Waals surface area (Å²) in [4.78, 5) is 0. The SMILES string of the molecule is CCOC(CCSSSSCCC(O)[SiH](C)C)[SiH](C)C. The van der Waals surface area contributed by atoms with E-state index in [4.69, 9.17) is 4.74 Å². The second kappa shape index (κ2) is 14.4. The van der Waals surface area contributed by atoms with Crippen molar-refractivity contribution in [1.29, 1.82) is 0 Å². The molecule has 2 unspecified atom stereocenters. The highest BCUT2D eigenvalue weighted by atomic mass is 33.7. The first-order valence-corrected chi connectivity index (χ1v) is 18.5. The lowest BCUT2D eigenvalue weighted by atomic mass is 10.5. The first kappa shape index (κ1) is 21.8. The smallest absolute Gasteiger partial charge is 0.0656 e. The van der Waals surface area contributed by atoms with E-state index < -0.39 is 17.6 Å². The van der Waals surface area contributed by atoms with Gasteiger partial charge in [0.05, 0.1) is 17.6 Å². The highest BCUT2D eigenvalue weighted by Crippen LogP contribution is 2.43. The minimum absolute atomic E-state index is 0.0105. The summed E-state index contributed by atoms with van der Waals surface area (Å²) in [5, 5.41) is 9.75. The van der Waals surface area contributed by atoms with Gasteiger partial charge in [-0.1, -0.05) is 47.8 Å². The van der Waals surface area contributed by atoms with Gasteiger partial charge in [-0.2, -0.15) is 0 Å². The molecular formula is C12H30O2S4Si2. The van der Waals surface area contributed by atoms with Gasteiger partial charge in [-0.15, -0.1) is 0 Å². The highest BCUT2D eigenvalue weighted by Gasteiger charge is 2.14. The van der Waals surface area contributed by atoms with Crippen LogP contribution in [-0.4, -0.2) is 52.3 Å². The van der Waals surface area contributed by atoms with E-state index in [1.165, 1.54) is 12.2 Å². The lowest BCUT2D eigenvalue weighted by Crippen LogP contribution is -2.28. The molecule has 0 aliphatic carbocycles. The van der Waals surface area contributed by atoms with Crippen molar-refractivity contribution in [3.8, 4) is 0 Å². The fraction of sp³-hybridized carbons (Fsp3) is 1.00. The summed E-state index contributed by atoms with van der Waals surface area (Å²) in [5.74, 6) is 2.24. The largest absolute Gasteiger partial charge is 0.397 e. The average molecular weight is 391 g/mol. The predicted octanol–water partition coefficient (Wildman–Crippen LogP) is 4.26. The van der Waals surface area contributed by atoms with Gasteiger partial charge < -0.3 is 9.84 Å². The zero-order chi connectivity index (χ0) is 15.4. The molecule has 0 aromatic carbocycles. The molecule has 0 aromatic rings. The molecule has 20 heavy (non-hydrogen) atoms. The van der Waals surface area contributed by atoms with Crippen molar-refractivity contribution in [2.45, 2.75) is 57.4 Å². The number of aliphatic hydroxyl groups excluding tert-OH is 1. The number of rotatable bonds is 13. The van der Waals surface area contributed by atoms with Crippen molar-refractivity contribution in [1.82, 2.24) is 0 Å². The van der Waals surface area contributed by atoms with Crippen molar-refractivity contribution < 1.29 is 9.84 Å². The quantitative estimate of drug-likeness (QED) is 0.287. The zero-order valence-electron chi connectivity index (χ0n) is 13.3. The van der Waals surface area contributed by atoms with Gasteiger partial charge in [-0.05, 0) is 39.4 Å². The minimum Gasteiger partial charge on any atom is -0.397 e. The summed E-state index contributed by atoms with van der Waals surface area (Å²) >= 11 is 0. The Hall–Kier alpha value is 1.75. The molecule has 0 saturated heterocycles. The monoisotopic (exact) mass is 390 g/mol. The van der Waals surface area contributed by atoms with Crippen LogP contribution in [0, 0.1) is 0 Å². The van der Waals surface area contributed by atoms with Crippen LogP contribution in [0.5, 0.6) is 0 Å². The second-order valence-corrected chi connectivity index (χ2v) is 18.1. The van der Waals surface area contributed by atoms with Gasteiger partial charge in [0.2, 0.25) is 0 Å². The molecule has 122 valence electrons. The van der Waals surface area contributed by atoms with E-state index in [0.717, 1.165) is 18.8 Å². The molecule has 0 aliphatic rings. The molecule has 1 N–H and O–H groups in total. The van der Waals surface area contributed by atoms with E-state index in [-0.39, 0.29) is 5.73 Å². The van der Waals surface area contributed by atoms with Crippen LogP contribution >= 0.6 is 41.2 Å². The molecule has 0 aromatic heterocycles. The van der Waals surface area contributed by atoms with E-state index in [9.17, 15) is 5.11 Å². The number of aliphatic hydroxyl groups is 1. The summed E-state index contributed by atoms with van der Waals surface area (Å²) in [6.45, 7) is 12.1. The van der Waals surface area contributed by atoms with E-state index >= 15 is 0 Å². The van der Waals surface area contributed by atoms with E-state index in [2.05, 4.69) is 33.1 Å². The maximum Gasteiger partial charge on any atom is 0.0656 e. The number of hydrogen-bond acceptors (Lipinski definition) is 6. The molecule has 0 rings (SSSR count). The van der Waals surface area contributed by atoms with Crippen LogP contribution in [0.3, 0.4) is 0 Å². The van der Waals surface area contributed by atoms with E-state index in [1.807, 2.05) is 41.2 Å². The first-order valence-electron chi connectivity index (χ1n) is 7.36. The number of hydrogen-bond donors (Lipinski definition) is 1. The summed E-state index contributed by atoms with van der Waals surface area (Å²) < 4.78 is 5.80. The molecule has 0 aliphatic heterocycles. The van der Waals surface area contributed by atoms with Crippen LogP contribution in [0.4, 0.5) is 0 Å². The van der Waals surface area contributed by atoms with Crippen molar-refractivity contribution in [2.75, 3.05) is 18.1 Å². The van der Waals surface area contributed by atoms with Crippen LogP contribution in [0.1, 0.15) is 19.8 Å². The molecular weight excluding hydrogens is 361 g/mol. The Morgan fingerprint density at radius 2 is 1.50 bits per heavy atom. The maximum atomic E-state index is 9.75. The summed E-state index contributed by atoms with van der Waals surface area (Å²) in [5.41, 5.74) is 0.528. The second-order valence-electron chi connectivity index (χ2n) is 5.41. The third-order valence-corrected chi connectivity index (χ3v) is 13.4. The van der Waals surface area contributed by atoms with Gasteiger partial charge in [0, 0.05) is 29.6 Å². The molecule has 0 amide bonds. The lowest BCUT2D eigenvalue weighted by molar-refractivity contribution is 0.113. The lowest BCUT2D eigenvalue weighted by Gasteiger charge is -2.19. The van der Waals surface area contributed by atoms with Crippen LogP contribution in [0.25, 0.3) is 0 Å². The van der Waals surface area contributed by atoms with Gasteiger partial charge in [0.1, 0.15) is 0 Å². The Balaban J connectivity index is 3.39. The molecule has 0 fully saturated rings. The Morgan fingerprint density at radius 3 is 1.95 bits per heavy atom. The topological polar surface area (TPSA) is 29.5 Å². The normalized spacial score (nSPS) is 15.0. The Labute approximate surface area is 143 Å². The van der Waals surface area contributed by atoms with Gasteiger partial charge in [0.25, 0.3) is 0 Å². The molecule has 2 atom stereocenters. The fourth-order valence-corrected chi connectivity index (χ4v) is 10.5. The van der Waals surface area contributed by atoms with Gasteiger partial charge in [-0.3, -0.25) is 0 Å². The molecule has 0 radical (unpaired) electrons. The average Bonchev–Trinajstić information content (AvgIpc) is 2.39. The van der Waals surface area contributed by atoms with Crippen LogP contribution in [-0.2, 0) is 4.74 Å². The number of ether oxygens (including phenoxy) is 1. The Morgan fingerprint density at radius 1 is 0.950 bits per heavy atom. The van der Waals surface area contributed by atoms with Gasteiger partial charge >= 0.3 is 0 Å². The highest BCUT2D eigenvalue weighted by molar-refractivity contribution is 9.26. The molecule has 0 saturated carbocycles. The van der Waals surface area contributed by atoms with Gasteiger partial charge in [0.15, 0.2) is 0 Å². The fourth-order valence-electron chi connectivity index (χ4n) is 1.60. The van der Waals surface area contributed by atoms with Crippen LogP contribution in [0.2, 0.25) is 26.2 Å². The molecule has 8 heteroatoms. The third kappa shape index (κ3) is 12.3. The molecule has 0 bridgehead atoms. The summed E-state index contributed by atoms with van der Waals surface area (Å²) in [6, 6.07) is 0. The van der Waals surface area contributed by atoms with Crippen molar-refractivity contribution in [3.63, 3.8) is 0 Å². The Bertz CT molecular complexity index is 224. The standard InChI is InChI=1S/C12H30O2S4Si2/c1-6-14-12(20(4)5)8-10-16-18-17-15-9-7-11(13)19(2)3/h11-13,19-20H,6-10H2,1-5H3. The minimum atomic E-state index is -0.852. The van der Waals surface area contributed by atoms with Crippen molar-refractivity contribution in [3.05, 3.63) is 0 Å². The van der Waals surface area contributed by atoms with Gasteiger partial charge in [-0.25, -0.2) is 0 Å². The van der Waals surface area contributed by atoms with E-state index in [1.54, 1.807) is 0 Å². The summed E-state index contributed by atoms with van der Waals surface area (Å²) in [6.07, 6.45) is 2.15. The Kier molecular flexibility index (Phi) is 15.6. The van der Waals surface area contributed by atoms with Crippen molar-refractivity contribution in [2.24, 2.45) is 0 Å². The molecule has 2 nitrogen and oxygen atoms in total. The van der Waals surface area contributed by atoms with Crippen LogP contribution < -0.4 is 0 Å². The summed E-state index contributed by atoms with van der Waals surface area (Å²) in [7, 11) is 6.01. The van der Waals surface area contributed by atoms with Crippen LogP contribution in [0.15, 0.2) is 0 Å². The van der Waals surface area contributed by atoms with E-state index in [0.29, 0.717) is 5.73 Å². The zero-order valence-corrected chi connectivity index (χ0v) is 18.9. The maximum absolute atomic E-state index is 9.75. The third-order valence-electron chi connectivity index (χ3n) is 3.00. The molecule has 0 heterocycles. The molecule has 0 spiro atoms. The van der Waals surface area contributed by atoms with Crippen molar-refractivity contribution >= 4 is 58.8 Å². The first-order chi connectivity index (χ1) is 9.49. The predicted molar refractivity (Wildman–Crippen MR) is 109 cm³/mol.